The Bertz CT molecular complexity index is 720. The maximum absolute atomic E-state index is 12.2. The second kappa shape index (κ2) is 12.6. The molecule has 28 heavy (non-hydrogen) atoms. The third-order valence-corrected chi connectivity index (χ3v) is 6.77. The van der Waals surface area contributed by atoms with Gasteiger partial charge in [-0.15, -0.1) is 24.0 Å². The van der Waals surface area contributed by atoms with Gasteiger partial charge >= 0.3 is 0 Å². The van der Waals surface area contributed by atoms with E-state index >= 15 is 0 Å². The first kappa shape index (κ1) is 25.1. The molecule has 1 heterocycles. The first-order chi connectivity index (χ1) is 13.0. The molecule has 9 heteroatoms. The largest absolute Gasteiger partial charge is 0.392 e. The summed E-state index contributed by atoms with van der Waals surface area (Å²) in [5.74, 6) is 0.944. The molecule has 1 aromatic rings. The summed E-state index contributed by atoms with van der Waals surface area (Å²) in [6, 6.07) is 7.91. The van der Waals surface area contributed by atoms with E-state index in [0.29, 0.717) is 26.1 Å². The van der Waals surface area contributed by atoms with Gasteiger partial charge < -0.3 is 15.7 Å². The second-order valence-corrected chi connectivity index (χ2v) is 8.84. The predicted octanol–water partition coefficient (Wildman–Crippen LogP) is 2.06. The summed E-state index contributed by atoms with van der Waals surface area (Å²) >= 11 is 0. The molecule has 0 aromatic heterocycles. The summed E-state index contributed by atoms with van der Waals surface area (Å²) < 4.78 is 26.0. The molecule has 160 valence electrons. The number of guanidine groups is 1. The van der Waals surface area contributed by atoms with Crippen LogP contribution in [0.3, 0.4) is 0 Å². The molecule has 1 aliphatic rings. The molecule has 0 unspecified atom stereocenters. The summed E-state index contributed by atoms with van der Waals surface area (Å²) in [5.41, 5.74) is 1.88. The number of nitrogens with zero attached hydrogens (tertiary/aromatic N) is 2. The molecule has 1 aromatic carbocycles. The standard InChI is InChI=1S/C19H32N4O3S.HI/c1-3-13-27(25,26)23-11-9-18(10-12-23)22-19(20-4-2)21-14-16-7-5-6-8-17(16)15-24;/h5-8,18,24H,3-4,9-15H2,1-2H3,(H2,20,21,22);1H. The lowest BCUT2D eigenvalue weighted by molar-refractivity contribution is 0.280. The number of sulfonamides is 1. The number of rotatable bonds is 8. The molecule has 0 radical (unpaired) electrons. The Morgan fingerprint density at radius 1 is 1.21 bits per heavy atom. The molecule has 0 saturated carbocycles. The van der Waals surface area contributed by atoms with Gasteiger partial charge in [0.25, 0.3) is 0 Å². The number of aliphatic hydroxyl groups excluding tert-OH is 1. The lowest BCUT2D eigenvalue weighted by Crippen LogP contribution is -2.50. The normalized spacial score (nSPS) is 16.5. The Hall–Kier alpha value is -0.910. The molecule has 0 spiro atoms. The number of nitrogens with one attached hydrogen (secondary N) is 2. The van der Waals surface area contributed by atoms with Crippen LogP contribution in [0.5, 0.6) is 0 Å². The molecular weight excluding hydrogens is 491 g/mol. The van der Waals surface area contributed by atoms with Crippen LogP contribution in [0.1, 0.15) is 44.2 Å². The van der Waals surface area contributed by atoms with Gasteiger partial charge in [-0.1, -0.05) is 31.2 Å². The number of hydrogen-bond acceptors (Lipinski definition) is 4. The van der Waals surface area contributed by atoms with Gasteiger partial charge in [-0.25, -0.2) is 17.7 Å². The van der Waals surface area contributed by atoms with E-state index < -0.39 is 10.0 Å². The average Bonchev–Trinajstić information content (AvgIpc) is 2.67. The van der Waals surface area contributed by atoms with Gasteiger partial charge in [-0.3, -0.25) is 0 Å². The summed E-state index contributed by atoms with van der Waals surface area (Å²) in [7, 11) is -3.11. The highest BCUT2D eigenvalue weighted by molar-refractivity contribution is 14.0. The number of benzene rings is 1. The second-order valence-electron chi connectivity index (χ2n) is 6.76. The van der Waals surface area contributed by atoms with Crippen LogP contribution in [-0.4, -0.2) is 55.2 Å². The quantitative estimate of drug-likeness (QED) is 0.275. The number of hydrogen-bond donors (Lipinski definition) is 3. The first-order valence-corrected chi connectivity index (χ1v) is 11.3. The summed E-state index contributed by atoms with van der Waals surface area (Å²) in [5, 5.41) is 16.1. The molecule has 3 N–H and O–H groups in total. The van der Waals surface area contributed by atoms with Crippen molar-refractivity contribution in [1.29, 1.82) is 0 Å². The Morgan fingerprint density at radius 3 is 2.43 bits per heavy atom. The topological polar surface area (TPSA) is 94.0 Å². The maximum Gasteiger partial charge on any atom is 0.214 e. The maximum atomic E-state index is 12.2. The smallest absolute Gasteiger partial charge is 0.214 e. The van der Waals surface area contributed by atoms with E-state index in [0.717, 1.165) is 36.5 Å². The van der Waals surface area contributed by atoms with Crippen LogP contribution in [-0.2, 0) is 23.2 Å². The molecule has 0 atom stereocenters. The molecule has 1 saturated heterocycles. The Kier molecular flexibility index (Phi) is 11.3. The molecular formula is C19H33IN4O3S. The van der Waals surface area contributed by atoms with E-state index in [9.17, 15) is 13.5 Å². The van der Waals surface area contributed by atoms with E-state index in [4.69, 9.17) is 0 Å². The van der Waals surface area contributed by atoms with E-state index in [1.807, 2.05) is 38.1 Å². The summed E-state index contributed by atoms with van der Waals surface area (Å²) in [6.07, 6.45) is 2.17. The third kappa shape index (κ3) is 7.49. The lowest BCUT2D eigenvalue weighted by Gasteiger charge is -2.32. The van der Waals surface area contributed by atoms with Crippen molar-refractivity contribution in [2.45, 2.75) is 52.3 Å². The predicted molar refractivity (Wildman–Crippen MR) is 124 cm³/mol. The third-order valence-electron chi connectivity index (χ3n) is 4.69. The van der Waals surface area contributed by atoms with Gasteiger partial charge in [-0.2, -0.15) is 0 Å². The van der Waals surface area contributed by atoms with Crippen LogP contribution >= 0.6 is 24.0 Å². The molecule has 1 aliphatic heterocycles. The number of aliphatic imine (C=N–C) groups is 1. The average molecular weight is 524 g/mol. The highest BCUT2D eigenvalue weighted by atomic mass is 127. The molecule has 7 nitrogen and oxygen atoms in total. The fourth-order valence-electron chi connectivity index (χ4n) is 3.21. The van der Waals surface area contributed by atoms with Gasteiger partial charge in [0.05, 0.1) is 18.9 Å². The van der Waals surface area contributed by atoms with Crippen LogP contribution in [0.2, 0.25) is 0 Å². The fraction of sp³-hybridized carbons (Fsp3) is 0.632. The zero-order valence-electron chi connectivity index (χ0n) is 16.7. The lowest BCUT2D eigenvalue weighted by atomic mass is 10.1. The van der Waals surface area contributed by atoms with Crippen molar-refractivity contribution in [3.8, 4) is 0 Å². The summed E-state index contributed by atoms with van der Waals surface area (Å²) in [4.78, 5) is 4.64. The van der Waals surface area contributed by atoms with Crippen molar-refractivity contribution < 1.29 is 13.5 Å². The molecule has 1 fully saturated rings. The van der Waals surface area contributed by atoms with Crippen molar-refractivity contribution in [3.05, 3.63) is 35.4 Å². The molecule has 2 rings (SSSR count). The number of aliphatic hydroxyl groups is 1. The van der Waals surface area contributed by atoms with Gasteiger partial charge in [0.1, 0.15) is 0 Å². The van der Waals surface area contributed by atoms with Crippen molar-refractivity contribution in [3.63, 3.8) is 0 Å². The minimum absolute atomic E-state index is 0. The van der Waals surface area contributed by atoms with Crippen molar-refractivity contribution >= 4 is 40.0 Å². The molecule has 0 bridgehead atoms. The van der Waals surface area contributed by atoms with Gasteiger partial charge in [0, 0.05) is 25.7 Å². The van der Waals surface area contributed by atoms with Crippen LogP contribution in [0.25, 0.3) is 0 Å². The monoisotopic (exact) mass is 524 g/mol. The van der Waals surface area contributed by atoms with Gasteiger partial charge in [0.15, 0.2) is 5.96 Å². The van der Waals surface area contributed by atoms with E-state index in [1.165, 1.54) is 0 Å². The van der Waals surface area contributed by atoms with Crippen LogP contribution in [0, 0.1) is 0 Å². The zero-order valence-corrected chi connectivity index (χ0v) is 19.9. The van der Waals surface area contributed by atoms with Gasteiger partial charge in [-0.05, 0) is 37.3 Å². The van der Waals surface area contributed by atoms with Crippen LogP contribution < -0.4 is 10.6 Å². The van der Waals surface area contributed by atoms with Crippen molar-refractivity contribution in [1.82, 2.24) is 14.9 Å². The molecule has 0 aliphatic carbocycles. The molecule has 0 amide bonds. The van der Waals surface area contributed by atoms with Crippen molar-refractivity contribution in [2.24, 2.45) is 4.99 Å². The Morgan fingerprint density at radius 2 is 1.86 bits per heavy atom. The Labute approximate surface area is 186 Å². The van der Waals surface area contributed by atoms with E-state index in [1.54, 1.807) is 4.31 Å². The van der Waals surface area contributed by atoms with Crippen LogP contribution in [0.4, 0.5) is 0 Å². The van der Waals surface area contributed by atoms with Crippen molar-refractivity contribution in [2.75, 3.05) is 25.4 Å². The van der Waals surface area contributed by atoms with E-state index in [-0.39, 0.29) is 42.4 Å². The minimum Gasteiger partial charge on any atom is -0.392 e. The van der Waals surface area contributed by atoms with E-state index in [2.05, 4.69) is 15.6 Å². The highest BCUT2D eigenvalue weighted by Gasteiger charge is 2.27. The SMILES string of the molecule is CCCS(=O)(=O)N1CCC(NC(=NCc2ccccc2CO)NCC)CC1.I. The highest BCUT2D eigenvalue weighted by Crippen LogP contribution is 2.15. The number of halogens is 1. The zero-order chi connectivity index (χ0) is 19.7. The Balaban J connectivity index is 0.00000392. The van der Waals surface area contributed by atoms with Gasteiger partial charge in [0.2, 0.25) is 10.0 Å². The first-order valence-electron chi connectivity index (χ1n) is 9.70. The minimum atomic E-state index is -3.11. The number of piperidine rings is 1. The fourth-order valence-corrected chi connectivity index (χ4v) is 4.75. The summed E-state index contributed by atoms with van der Waals surface area (Å²) in [6.45, 7) is 6.23. The van der Waals surface area contributed by atoms with Crippen LogP contribution in [0.15, 0.2) is 29.3 Å².